The lowest BCUT2D eigenvalue weighted by Gasteiger charge is -2.32. The molecule has 0 atom stereocenters. The van der Waals surface area contributed by atoms with Gasteiger partial charge in [-0.3, -0.25) is 4.98 Å². The Bertz CT molecular complexity index is 747. The maximum Gasteiger partial charge on any atom is 0.514 e. The molecule has 23 heavy (non-hydrogen) atoms. The normalized spacial score (nSPS) is 18.7. The second-order valence-corrected chi connectivity index (χ2v) is 6.72. The van der Waals surface area contributed by atoms with E-state index < -0.39 is 7.12 Å². The minimum Gasteiger partial charge on any atom is -0.398 e. The molecule has 4 nitrogen and oxygen atoms in total. The van der Waals surface area contributed by atoms with Gasteiger partial charge in [-0.15, -0.1) is 0 Å². The topological polar surface area (TPSA) is 55.1 Å². The predicted molar refractivity (Wildman–Crippen MR) is 90.1 cm³/mol. The van der Waals surface area contributed by atoms with E-state index in [1.807, 2.05) is 58.0 Å². The van der Waals surface area contributed by atoms with Gasteiger partial charge in [0.15, 0.2) is 0 Å². The number of aromatic nitrogens is 1. The molecule has 1 aromatic heterocycles. The molecule has 5 heteroatoms. The van der Waals surface area contributed by atoms with Crippen LogP contribution in [0.2, 0.25) is 0 Å². The highest BCUT2D eigenvalue weighted by Crippen LogP contribution is 2.36. The van der Waals surface area contributed by atoms with Crippen molar-refractivity contribution in [3.05, 3.63) is 48.2 Å². The SMILES string of the molecule is CC1(C)OB(c2ccc(-c3ccccc3C#N)cn2)OC1(C)C. The number of pyridine rings is 1. The van der Waals surface area contributed by atoms with Gasteiger partial charge in [0, 0.05) is 17.3 Å². The van der Waals surface area contributed by atoms with E-state index in [4.69, 9.17) is 9.31 Å². The summed E-state index contributed by atoms with van der Waals surface area (Å²) in [5.41, 5.74) is 2.39. The molecular weight excluding hydrogens is 287 g/mol. The standard InChI is InChI=1S/C18H19BN2O2/c1-17(2)18(3,4)23-19(22-17)16-10-9-14(12-21-16)15-8-6-5-7-13(15)11-20/h5-10,12H,1-4H3. The molecule has 0 aliphatic carbocycles. The molecule has 0 spiro atoms. The van der Waals surface area contributed by atoms with Crippen LogP contribution in [0, 0.1) is 11.3 Å². The molecular formula is C18H19BN2O2. The highest BCUT2D eigenvalue weighted by atomic mass is 16.7. The highest BCUT2D eigenvalue weighted by molar-refractivity contribution is 6.61. The fraction of sp³-hybridized carbons (Fsp3) is 0.333. The molecule has 0 amide bonds. The van der Waals surface area contributed by atoms with Crippen LogP contribution in [0.4, 0.5) is 0 Å². The Kier molecular flexibility index (Phi) is 3.75. The summed E-state index contributed by atoms with van der Waals surface area (Å²) < 4.78 is 12.0. The third kappa shape index (κ3) is 2.76. The molecule has 3 rings (SSSR count). The number of hydrogen-bond donors (Lipinski definition) is 0. The summed E-state index contributed by atoms with van der Waals surface area (Å²) in [6.45, 7) is 8.07. The maximum atomic E-state index is 9.21. The molecule has 1 saturated heterocycles. The smallest absolute Gasteiger partial charge is 0.398 e. The van der Waals surface area contributed by atoms with E-state index >= 15 is 0 Å². The van der Waals surface area contributed by atoms with Crippen LogP contribution < -0.4 is 5.59 Å². The highest BCUT2D eigenvalue weighted by Gasteiger charge is 2.52. The van der Waals surface area contributed by atoms with Crippen molar-refractivity contribution in [3.8, 4) is 17.2 Å². The van der Waals surface area contributed by atoms with E-state index in [9.17, 15) is 5.26 Å². The summed E-state index contributed by atoms with van der Waals surface area (Å²) in [4.78, 5) is 4.48. The van der Waals surface area contributed by atoms with Gasteiger partial charge >= 0.3 is 7.12 Å². The van der Waals surface area contributed by atoms with Crippen LogP contribution in [0.25, 0.3) is 11.1 Å². The molecule has 1 aliphatic heterocycles. The molecule has 0 bridgehead atoms. The Labute approximate surface area is 137 Å². The third-order valence-electron chi connectivity index (χ3n) is 4.64. The molecule has 2 aromatic rings. The average Bonchev–Trinajstić information content (AvgIpc) is 2.75. The molecule has 0 saturated carbocycles. The zero-order valence-electron chi connectivity index (χ0n) is 13.8. The van der Waals surface area contributed by atoms with Gasteiger partial charge in [0.2, 0.25) is 0 Å². The molecule has 0 radical (unpaired) electrons. The largest absolute Gasteiger partial charge is 0.514 e. The minimum atomic E-state index is -0.472. The second-order valence-electron chi connectivity index (χ2n) is 6.72. The van der Waals surface area contributed by atoms with E-state index in [0.29, 0.717) is 5.56 Å². The second kappa shape index (κ2) is 5.49. The molecule has 2 heterocycles. The van der Waals surface area contributed by atoms with Gasteiger partial charge in [0.05, 0.1) is 28.4 Å². The Morgan fingerprint density at radius 2 is 1.65 bits per heavy atom. The van der Waals surface area contributed by atoms with Crippen molar-refractivity contribution < 1.29 is 9.31 Å². The fourth-order valence-corrected chi connectivity index (χ4v) is 2.50. The van der Waals surface area contributed by atoms with Gasteiger partial charge in [-0.2, -0.15) is 5.26 Å². The minimum absolute atomic E-state index is 0.384. The van der Waals surface area contributed by atoms with Gasteiger partial charge < -0.3 is 9.31 Å². The first-order valence-electron chi connectivity index (χ1n) is 7.65. The van der Waals surface area contributed by atoms with E-state index in [1.165, 1.54) is 0 Å². The van der Waals surface area contributed by atoms with Crippen LogP contribution in [-0.4, -0.2) is 23.3 Å². The van der Waals surface area contributed by atoms with Gasteiger partial charge in [0.25, 0.3) is 0 Å². The fourth-order valence-electron chi connectivity index (χ4n) is 2.50. The van der Waals surface area contributed by atoms with Crippen molar-refractivity contribution in [1.82, 2.24) is 4.98 Å². The van der Waals surface area contributed by atoms with E-state index in [1.54, 1.807) is 12.3 Å². The molecule has 1 fully saturated rings. The van der Waals surface area contributed by atoms with Crippen LogP contribution in [-0.2, 0) is 9.31 Å². The number of nitrogens with zero attached hydrogens (tertiary/aromatic N) is 2. The lowest BCUT2D eigenvalue weighted by atomic mass is 9.84. The monoisotopic (exact) mass is 306 g/mol. The Morgan fingerprint density at radius 3 is 2.22 bits per heavy atom. The van der Waals surface area contributed by atoms with Crippen LogP contribution in [0.1, 0.15) is 33.3 Å². The van der Waals surface area contributed by atoms with Gasteiger partial charge in [0.1, 0.15) is 0 Å². The van der Waals surface area contributed by atoms with Crippen molar-refractivity contribution in [2.45, 2.75) is 38.9 Å². The van der Waals surface area contributed by atoms with Crippen LogP contribution in [0.5, 0.6) is 0 Å². The van der Waals surface area contributed by atoms with Crippen molar-refractivity contribution >= 4 is 12.7 Å². The molecule has 1 aromatic carbocycles. The van der Waals surface area contributed by atoms with Gasteiger partial charge in [-0.05, 0) is 39.8 Å². The van der Waals surface area contributed by atoms with E-state index in [0.717, 1.165) is 16.7 Å². The molecule has 116 valence electrons. The van der Waals surface area contributed by atoms with Crippen LogP contribution in [0.3, 0.4) is 0 Å². The molecule has 0 unspecified atom stereocenters. The first-order valence-corrected chi connectivity index (χ1v) is 7.65. The van der Waals surface area contributed by atoms with Crippen LogP contribution >= 0.6 is 0 Å². The van der Waals surface area contributed by atoms with Crippen molar-refractivity contribution in [1.29, 1.82) is 5.26 Å². The summed E-state index contributed by atoms with van der Waals surface area (Å²) in [5.74, 6) is 0. The molecule has 1 aliphatic rings. The summed E-state index contributed by atoms with van der Waals surface area (Å²) in [6, 6.07) is 13.5. The zero-order chi connectivity index (χ0) is 16.7. The molecule has 0 N–H and O–H groups in total. The number of nitriles is 1. The predicted octanol–water partition coefficient (Wildman–Crippen LogP) is 2.92. The quantitative estimate of drug-likeness (QED) is 0.801. The Hall–Kier alpha value is -2.16. The van der Waals surface area contributed by atoms with Crippen molar-refractivity contribution in [3.63, 3.8) is 0 Å². The maximum absolute atomic E-state index is 9.21. The van der Waals surface area contributed by atoms with E-state index in [2.05, 4.69) is 11.1 Å². The summed E-state index contributed by atoms with van der Waals surface area (Å²) in [6.07, 6.45) is 1.76. The Morgan fingerprint density at radius 1 is 1.00 bits per heavy atom. The first-order chi connectivity index (χ1) is 10.8. The lowest BCUT2D eigenvalue weighted by molar-refractivity contribution is 0.00578. The van der Waals surface area contributed by atoms with Crippen molar-refractivity contribution in [2.75, 3.05) is 0 Å². The van der Waals surface area contributed by atoms with E-state index in [-0.39, 0.29) is 11.2 Å². The third-order valence-corrected chi connectivity index (χ3v) is 4.64. The van der Waals surface area contributed by atoms with Crippen molar-refractivity contribution in [2.24, 2.45) is 0 Å². The lowest BCUT2D eigenvalue weighted by Crippen LogP contribution is -2.41. The number of hydrogen-bond acceptors (Lipinski definition) is 4. The number of rotatable bonds is 2. The summed E-state index contributed by atoms with van der Waals surface area (Å²) in [5, 5.41) is 9.21. The summed E-state index contributed by atoms with van der Waals surface area (Å²) >= 11 is 0. The average molecular weight is 306 g/mol. The zero-order valence-corrected chi connectivity index (χ0v) is 13.8. The number of benzene rings is 1. The first kappa shape index (κ1) is 15.7. The van der Waals surface area contributed by atoms with Gasteiger partial charge in [-0.25, -0.2) is 0 Å². The summed E-state index contributed by atoms with van der Waals surface area (Å²) in [7, 11) is -0.472. The van der Waals surface area contributed by atoms with Crippen LogP contribution in [0.15, 0.2) is 42.6 Å². The Balaban J connectivity index is 1.88. The van der Waals surface area contributed by atoms with Gasteiger partial charge in [-0.1, -0.05) is 24.3 Å².